The van der Waals surface area contributed by atoms with Gasteiger partial charge < -0.3 is 4.90 Å². The molecule has 0 radical (unpaired) electrons. The van der Waals surface area contributed by atoms with E-state index < -0.39 is 0 Å². The van der Waals surface area contributed by atoms with Gasteiger partial charge >= 0.3 is 0 Å². The molecule has 1 aliphatic rings. The van der Waals surface area contributed by atoms with Crippen LogP contribution < -0.4 is 0 Å². The van der Waals surface area contributed by atoms with Crippen LogP contribution in [0.25, 0.3) is 0 Å². The lowest BCUT2D eigenvalue weighted by Crippen LogP contribution is -2.28. The van der Waals surface area contributed by atoms with Crippen molar-refractivity contribution in [3.8, 4) is 0 Å². The monoisotopic (exact) mass is 261 g/mol. The molecule has 16 heavy (non-hydrogen) atoms. The van der Waals surface area contributed by atoms with E-state index in [4.69, 9.17) is 0 Å². The minimum Gasteiger partial charge on any atom is -0.302 e. The molecule has 0 atom stereocenters. The molecule has 0 spiro atoms. The molecule has 0 amide bonds. The molecule has 1 rings (SSSR count). The topological polar surface area (TPSA) is 3.24 Å². The predicted molar refractivity (Wildman–Crippen MR) is 79.9 cm³/mol. The Morgan fingerprint density at radius 3 is 2.62 bits per heavy atom. The van der Waals surface area contributed by atoms with E-state index in [1.807, 2.05) is 0 Å². The molecular weight excluding hydrogens is 234 g/mol. The molecule has 1 saturated heterocycles. The maximum absolute atomic E-state index is 4.24. The van der Waals surface area contributed by atoms with Gasteiger partial charge in [-0.25, -0.2) is 0 Å². The molecule has 0 saturated carbocycles. The largest absolute Gasteiger partial charge is 0.302 e. The Labute approximate surface area is 111 Å². The van der Waals surface area contributed by atoms with Gasteiger partial charge in [-0.05, 0) is 38.1 Å². The van der Waals surface area contributed by atoms with Gasteiger partial charge in [0.05, 0.1) is 0 Å². The van der Waals surface area contributed by atoms with Gasteiger partial charge in [-0.1, -0.05) is 26.7 Å². The second-order valence-electron chi connectivity index (χ2n) is 5.34. The summed E-state index contributed by atoms with van der Waals surface area (Å²) in [4.78, 5) is 2.66. The van der Waals surface area contributed by atoms with Crippen molar-refractivity contribution in [2.24, 2.45) is 0 Å². The van der Waals surface area contributed by atoms with Crippen LogP contribution in [0.5, 0.6) is 0 Å². The summed E-state index contributed by atoms with van der Waals surface area (Å²) in [7, 11) is 0. The summed E-state index contributed by atoms with van der Waals surface area (Å²) in [5.74, 6) is 2.36. The van der Waals surface area contributed by atoms with Gasteiger partial charge in [0.2, 0.25) is 0 Å². The molecule has 0 aromatic carbocycles. The van der Waals surface area contributed by atoms with Crippen LogP contribution in [0.4, 0.5) is 0 Å². The molecule has 0 unspecified atom stereocenters. The van der Waals surface area contributed by atoms with Crippen molar-refractivity contribution in [2.45, 2.75) is 50.7 Å². The number of rotatable bonds is 6. The van der Waals surface area contributed by atoms with E-state index in [2.05, 4.69) is 43.1 Å². The van der Waals surface area contributed by atoms with Gasteiger partial charge in [-0.3, -0.25) is 0 Å². The first-order valence-corrected chi connectivity index (χ1v) is 8.23. The van der Waals surface area contributed by atoms with E-state index in [1.165, 1.54) is 57.5 Å². The van der Waals surface area contributed by atoms with Crippen molar-refractivity contribution in [1.82, 2.24) is 4.90 Å². The minimum absolute atomic E-state index is 0.501. The number of hydrogen-bond acceptors (Lipinski definition) is 3. The van der Waals surface area contributed by atoms with Crippen LogP contribution in [-0.4, -0.2) is 40.8 Å². The fourth-order valence-electron chi connectivity index (χ4n) is 2.09. The Morgan fingerprint density at radius 1 is 1.12 bits per heavy atom. The summed E-state index contributed by atoms with van der Waals surface area (Å²) >= 11 is 6.38. The maximum Gasteiger partial charge on any atom is 0.0116 e. The van der Waals surface area contributed by atoms with E-state index in [9.17, 15) is 0 Å². The van der Waals surface area contributed by atoms with Crippen molar-refractivity contribution in [2.75, 3.05) is 31.1 Å². The van der Waals surface area contributed by atoms with Crippen molar-refractivity contribution in [3.63, 3.8) is 0 Å². The first-order valence-electron chi connectivity index (χ1n) is 6.61. The van der Waals surface area contributed by atoms with E-state index in [0.717, 1.165) is 5.75 Å². The standard InChI is InChI=1S/C13H27NS2/c1-13(2)7-9-14(10-12-16-13)8-5-3-4-6-11-15/h15H,3-12H2,1-2H3. The average molecular weight is 261 g/mol. The number of nitrogens with zero attached hydrogens (tertiary/aromatic N) is 1. The maximum atomic E-state index is 4.24. The second kappa shape index (κ2) is 7.88. The lowest BCUT2D eigenvalue weighted by atomic mass is 10.1. The van der Waals surface area contributed by atoms with Crippen LogP contribution in [0.1, 0.15) is 46.0 Å². The third-order valence-electron chi connectivity index (χ3n) is 3.31. The van der Waals surface area contributed by atoms with E-state index in [-0.39, 0.29) is 0 Å². The molecule has 1 heterocycles. The summed E-state index contributed by atoms with van der Waals surface area (Å²) in [5.41, 5.74) is 0. The van der Waals surface area contributed by atoms with Crippen LogP contribution in [0.3, 0.4) is 0 Å². The quantitative estimate of drug-likeness (QED) is 0.574. The number of thioether (sulfide) groups is 1. The lowest BCUT2D eigenvalue weighted by Gasteiger charge is -2.22. The first-order chi connectivity index (χ1) is 7.64. The SMILES string of the molecule is CC1(C)CCN(CCCCCCS)CCS1. The lowest BCUT2D eigenvalue weighted by molar-refractivity contribution is 0.277. The second-order valence-corrected chi connectivity index (χ2v) is 7.59. The summed E-state index contributed by atoms with van der Waals surface area (Å²) in [6, 6.07) is 0. The Balaban J connectivity index is 2.08. The van der Waals surface area contributed by atoms with Crippen molar-refractivity contribution < 1.29 is 0 Å². The fourth-order valence-corrected chi connectivity index (χ4v) is 3.45. The van der Waals surface area contributed by atoms with Gasteiger partial charge in [0.25, 0.3) is 0 Å². The molecule has 0 N–H and O–H groups in total. The zero-order valence-electron chi connectivity index (χ0n) is 10.9. The van der Waals surface area contributed by atoms with E-state index >= 15 is 0 Å². The summed E-state index contributed by atoms with van der Waals surface area (Å²) in [6.07, 6.45) is 6.74. The van der Waals surface area contributed by atoms with Crippen LogP contribution in [-0.2, 0) is 0 Å². The van der Waals surface area contributed by atoms with Crippen LogP contribution in [0.2, 0.25) is 0 Å². The van der Waals surface area contributed by atoms with Crippen molar-refractivity contribution in [3.05, 3.63) is 0 Å². The third kappa shape index (κ3) is 6.41. The van der Waals surface area contributed by atoms with Gasteiger partial charge in [0, 0.05) is 17.0 Å². The fraction of sp³-hybridized carbons (Fsp3) is 1.00. The summed E-state index contributed by atoms with van der Waals surface area (Å²) in [6.45, 7) is 8.66. The molecule has 0 aromatic rings. The summed E-state index contributed by atoms with van der Waals surface area (Å²) < 4.78 is 0.501. The molecule has 1 fully saturated rings. The molecule has 1 aliphatic heterocycles. The highest BCUT2D eigenvalue weighted by Gasteiger charge is 2.22. The summed E-state index contributed by atoms with van der Waals surface area (Å²) in [5, 5.41) is 0. The molecule has 3 heteroatoms. The van der Waals surface area contributed by atoms with Crippen LogP contribution in [0, 0.1) is 0 Å². The molecule has 1 nitrogen and oxygen atoms in total. The Morgan fingerprint density at radius 2 is 1.88 bits per heavy atom. The molecule has 96 valence electrons. The highest BCUT2D eigenvalue weighted by atomic mass is 32.2. The van der Waals surface area contributed by atoms with E-state index in [0.29, 0.717) is 4.75 Å². The Hall–Kier alpha value is 0.660. The van der Waals surface area contributed by atoms with E-state index in [1.54, 1.807) is 0 Å². The Bertz CT molecular complexity index is 183. The van der Waals surface area contributed by atoms with Crippen LogP contribution >= 0.6 is 24.4 Å². The third-order valence-corrected chi connectivity index (χ3v) is 5.00. The van der Waals surface area contributed by atoms with Gasteiger partial charge in [0.1, 0.15) is 0 Å². The zero-order chi connectivity index (χ0) is 11.9. The van der Waals surface area contributed by atoms with Gasteiger partial charge in [-0.2, -0.15) is 24.4 Å². The zero-order valence-corrected chi connectivity index (χ0v) is 12.6. The molecule has 0 aliphatic carbocycles. The predicted octanol–water partition coefficient (Wildman–Crippen LogP) is 3.69. The average Bonchev–Trinajstić information content (AvgIpc) is 2.40. The van der Waals surface area contributed by atoms with Crippen LogP contribution in [0.15, 0.2) is 0 Å². The van der Waals surface area contributed by atoms with Gasteiger partial charge in [-0.15, -0.1) is 0 Å². The van der Waals surface area contributed by atoms with Gasteiger partial charge in [0.15, 0.2) is 0 Å². The van der Waals surface area contributed by atoms with Crippen molar-refractivity contribution >= 4 is 24.4 Å². The molecular formula is C13H27NS2. The minimum atomic E-state index is 0.501. The molecule has 0 bridgehead atoms. The first kappa shape index (κ1) is 14.7. The molecule has 0 aromatic heterocycles. The normalized spacial score (nSPS) is 21.9. The number of unbranched alkanes of at least 4 members (excludes halogenated alkanes) is 3. The smallest absolute Gasteiger partial charge is 0.0116 e. The number of hydrogen-bond donors (Lipinski definition) is 1. The highest BCUT2D eigenvalue weighted by Crippen LogP contribution is 2.30. The number of thiol groups is 1. The Kier molecular flexibility index (Phi) is 7.25. The highest BCUT2D eigenvalue weighted by molar-refractivity contribution is 8.00. The van der Waals surface area contributed by atoms with Crippen molar-refractivity contribution in [1.29, 1.82) is 0 Å².